The average molecular weight is 280 g/mol. The van der Waals surface area contributed by atoms with Gasteiger partial charge in [-0.3, -0.25) is 9.59 Å². The molecule has 5 nitrogen and oxygen atoms in total. The molecule has 4 N–H and O–H groups in total. The molecule has 1 aliphatic rings. The number of aliphatic carboxylic acids is 1. The van der Waals surface area contributed by atoms with Crippen LogP contribution in [0, 0.1) is 0 Å². The Bertz CT molecular complexity index is 493. The fourth-order valence-corrected chi connectivity index (χ4v) is 3.02. The Hall–Kier alpha value is -1.53. The summed E-state index contributed by atoms with van der Waals surface area (Å²) in [6.07, 6.45) is 1.49. The largest absolute Gasteiger partial charge is 0.480 e. The van der Waals surface area contributed by atoms with Gasteiger partial charge in [0.1, 0.15) is 6.04 Å². The second kappa shape index (κ2) is 6.08. The molecule has 0 saturated heterocycles. The first kappa shape index (κ1) is 13.9. The highest BCUT2D eigenvalue weighted by atomic mass is 32.2. The molecule has 0 radical (unpaired) electrons. The van der Waals surface area contributed by atoms with Gasteiger partial charge >= 0.3 is 5.97 Å². The third kappa shape index (κ3) is 3.48. The van der Waals surface area contributed by atoms with Crippen molar-refractivity contribution in [2.45, 2.75) is 24.1 Å². The molecule has 0 spiro atoms. The van der Waals surface area contributed by atoms with Crippen molar-refractivity contribution in [1.82, 2.24) is 0 Å². The van der Waals surface area contributed by atoms with Crippen LogP contribution in [0.5, 0.6) is 0 Å². The molecule has 2 rings (SSSR count). The van der Waals surface area contributed by atoms with Crippen molar-refractivity contribution in [2.24, 2.45) is 5.73 Å². The van der Waals surface area contributed by atoms with E-state index in [9.17, 15) is 9.59 Å². The molecule has 1 heterocycles. The average Bonchev–Trinajstić information content (AvgIpc) is 2.54. The second-order valence-corrected chi connectivity index (χ2v) is 5.69. The van der Waals surface area contributed by atoms with Crippen LogP contribution < -0.4 is 11.1 Å². The monoisotopic (exact) mass is 280 g/mol. The number of carbonyl (C=O) groups is 2. The normalized spacial score (nSPS) is 20.1. The number of fused-ring (bicyclic) bond motifs is 1. The molecule has 0 fully saturated rings. The van der Waals surface area contributed by atoms with Crippen molar-refractivity contribution in [3.05, 3.63) is 29.8 Å². The number of hydrogen-bond donors (Lipinski definition) is 3. The number of benzene rings is 1. The number of hydrogen-bond acceptors (Lipinski definition) is 4. The lowest BCUT2D eigenvalue weighted by atomic mass is 10.1. The highest BCUT2D eigenvalue weighted by molar-refractivity contribution is 8.00. The zero-order chi connectivity index (χ0) is 13.8. The zero-order valence-electron chi connectivity index (χ0n) is 10.3. The van der Waals surface area contributed by atoms with Crippen LogP contribution in [-0.4, -0.2) is 34.0 Å². The van der Waals surface area contributed by atoms with Gasteiger partial charge in [-0.15, -0.1) is 11.8 Å². The van der Waals surface area contributed by atoms with Crippen molar-refractivity contribution >= 4 is 29.3 Å². The molecule has 1 aliphatic heterocycles. The van der Waals surface area contributed by atoms with Gasteiger partial charge in [-0.2, -0.15) is 0 Å². The minimum Gasteiger partial charge on any atom is -0.480 e. The van der Waals surface area contributed by atoms with E-state index < -0.39 is 12.0 Å². The quantitative estimate of drug-likeness (QED) is 0.767. The topological polar surface area (TPSA) is 92.4 Å². The maximum atomic E-state index is 12.0. The van der Waals surface area contributed by atoms with E-state index in [0.717, 1.165) is 17.7 Å². The van der Waals surface area contributed by atoms with Crippen molar-refractivity contribution in [3.63, 3.8) is 0 Å². The van der Waals surface area contributed by atoms with E-state index in [1.54, 1.807) is 0 Å². The van der Waals surface area contributed by atoms with E-state index in [1.165, 1.54) is 11.8 Å². The molecule has 0 bridgehead atoms. The molecule has 102 valence electrons. The highest BCUT2D eigenvalue weighted by Gasteiger charge is 2.25. The summed E-state index contributed by atoms with van der Waals surface area (Å²) in [4.78, 5) is 22.7. The first-order valence-corrected chi connectivity index (χ1v) is 7.11. The number of carboxylic acid groups (broad SMARTS) is 1. The summed E-state index contributed by atoms with van der Waals surface area (Å²) < 4.78 is 0. The smallest absolute Gasteiger partial charge is 0.321 e. The number of nitrogens with one attached hydrogen (secondary N) is 1. The number of anilines is 1. The Labute approximate surface area is 115 Å². The van der Waals surface area contributed by atoms with Crippen molar-refractivity contribution in [3.8, 4) is 0 Å². The van der Waals surface area contributed by atoms with Gasteiger partial charge in [0.2, 0.25) is 5.91 Å². The van der Waals surface area contributed by atoms with Gasteiger partial charge in [0.05, 0.1) is 5.25 Å². The van der Waals surface area contributed by atoms with Crippen molar-refractivity contribution in [1.29, 1.82) is 0 Å². The van der Waals surface area contributed by atoms with Crippen LogP contribution in [0.4, 0.5) is 5.69 Å². The Morgan fingerprint density at radius 1 is 1.53 bits per heavy atom. The molecule has 2 atom stereocenters. The third-order valence-electron chi connectivity index (χ3n) is 3.04. The lowest BCUT2D eigenvalue weighted by Gasteiger charge is -2.14. The van der Waals surface area contributed by atoms with Gasteiger partial charge in [-0.05, 0) is 24.5 Å². The molecule has 0 saturated carbocycles. The van der Waals surface area contributed by atoms with E-state index in [4.69, 9.17) is 10.8 Å². The third-order valence-corrected chi connectivity index (χ3v) is 4.44. The maximum absolute atomic E-state index is 12.0. The molecule has 2 unspecified atom stereocenters. The van der Waals surface area contributed by atoms with Crippen LogP contribution in [0.25, 0.3) is 0 Å². The van der Waals surface area contributed by atoms with E-state index in [0.29, 0.717) is 6.42 Å². The number of thioether (sulfide) groups is 1. The van der Waals surface area contributed by atoms with Crippen LogP contribution >= 0.6 is 11.8 Å². The molecule has 6 heteroatoms. The highest BCUT2D eigenvalue weighted by Crippen LogP contribution is 2.27. The fraction of sp³-hybridized carbons (Fsp3) is 0.385. The number of carboxylic acids is 1. The molecular weight excluding hydrogens is 264 g/mol. The van der Waals surface area contributed by atoms with Gasteiger partial charge in [-0.25, -0.2) is 0 Å². The molecule has 1 aromatic rings. The molecule has 0 aromatic heterocycles. The van der Waals surface area contributed by atoms with Crippen LogP contribution in [0.1, 0.15) is 12.0 Å². The Balaban J connectivity index is 1.99. The summed E-state index contributed by atoms with van der Waals surface area (Å²) in [5.74, 6) is -0.874. The summed E-state index contributed by atoms with van der Waals surface area (Å²) in [6.45, 7) is 0. The van der Waals surface area contributed by atoms with E-state index >= 15 is 0 Å². The number of carbonyl (C=O) groups excluding carboxylic acids is 1. The minimum atomic E-state index is -1.04. The van der Waals surface area contributed by atoms with Crippen molar-refractivity contribution in [2.75, 3.05) is 11.1 Å². The van der Waals surface area contributed by atoms with Gasteiger partial charge in [0, 0.05) is 11.4 Å². The van der Waals surface area contributed by atoms with Gasteiger partial charge in [0.25, 0.3) is 0 Å². The summed E-state index contributed by atoms with van der Waals surface area (Å²) in [5.41, 5.74) is 7.41. The first-order chi connectivity index (χ1) is 9.08. The summed E-state index contributed by atoms with van der Waals surface area (Å²) in [5, 5.41) is 11.4. The molecule has 1 amide bonds. The van der Waals surface area contributed by atoms with Gasteiger partial charge < -0.3 is 16.2 Å². The SMILES string of the molecule is NC(CSC1CCc2ccccc2NC1=O)C(=O)O. The first-order valence-electron chi connectivity index (χ1n) is 6.06. The van der Waals surface area contributed by atoms with Crippen LogP contribution in [0.15, 0.2) is 24.3 Å². The van der Waals surface area contributed by atoms with E-state index in [1.807, 2.05) is 24.3 Å². The van der Waals surface area contributed by atoms with Crippen molar-refractivity contribution < 1.29 is 14.7 Å². The van der Waals surface area contributed by atoms with Crippen LogP contribution in [0.2, 0.25) is 0 Å². The Kier molecular flexibility index (Phi) is 4.44. The standard InChI is InChI=1S/C13H16N2O3S/c14-9(13(17)18)7-19-11-6-5-8-3-1-2-4-10(8)15-12(11)16/h1-4,9,11H,5-7,14H2,(H,15,16)(H,17,18). The molecule has 0 aliphatic carbocycles. The molecule has 19 heavy (non-hydrogen) atoms. The van der Waals surface area contributed by atoms with E-state index in [-0.39, 0.29) is 16.9 Å². The number of rotatable bonds is 4. The molecule has 1 aromatic carbocycles. The fourth-order valence-electron chi connectivity index (χ4n) is 1.94. The van der Waals surface area contributed by atoms with Crippen LogP contribution in [0.3, 0.4) is 0 Å². The van der Waals surface area contributed by atoms with E-state index in [2.05, 4.69) is 5.32 Å². The summed E-state index contributed by atoms with van der Waals surface area (Å²) in [6, 6.07) is 6.77. The Morgan fingerprint density at radius 3 is 3.00 bits per heavy atom. The number of aryl methyl sites for hydroxylation is 1. The Morgan fingerprint density at radius 2 is 2.26 bits per heavy atom. The summed E-state index contributed by atoms with van der Waals surface area (Å²) in [7, 11) is 0. The number of para-hydroxylation sites is 1. The van der Waals surface area contributed by atoms with Gasteiger partial charge in [-0.1, -0.05) is 18.2 Å². The maximum Gasteiger partial charge on any atom is 0.321 e. The lowest BCUT2D eigenvalue weighted by molar-refractivity contribution is -0.137. The predicted molar refractivity (Wildman–Crippen MR) is 75.2 cm³/mol. The molecular formula is C13H16N2O3S. The lowest BCUT2D eigenvalue weighted by Crippen LogP contribution is -2.34. The van der Waals surface area contributed by atoms with Crippen LogP contribution in [-0.2, 0) is 16.0 Å². The van der Waals surface area contributed by atoms with Gasteiger partial charge in [0.15, 0.2) is 0 Å². The summed E-state index contributed by atoms with van der Waals surface area (Å²) >= 11 is 1.31. The number of nitrogens with two attached hydrogens (primary N) is 1. The minimum absolute atomic E-state index is 0.0764. The zero-order valence-corrected chi connectivity index (χ0v) is 11.2. The second-order valence-electron chi connectivity index (χ2n) is 4.45. The predicted octanol–water partition coefficient (Wildman–Crippen LogP) is 1.08. The number of amides is 1.